The van der Waals surface area contributed by atoms with Crippen LogP contribution >= 0.6 is 11.6 Å². The zero-order valence-corrected chi connectivity index (χ0v) is 10.2. The molecule has 0 spiro atoms. The molecule has 0 unspecified atom stereocenters. The van der Waals surface area contributed by atoms with Gasteiger partial charge in [0.1, 0.15) is 0 Å². The summed E-state index contributed by atoms with van der Waals surface area (Å²) < 4.78 is 7.55. The van der Waals surface area contributed by atoms with E-state index in [2.05, 4.69) is 22.9 Å². The van der Waals surface area contributed by atoms with Crippen LogP contribution in [0.1, 0.15) is 13.3 Å². The number of benzene rings is 1. The molecule has 0 aliphatic rings. The number of nitrogens with zero attached hydrogens (tertiary/aromatic N) is 1. The second-order valence-corrected chi connectivity index (χ2v) is 4.20. The monoisotopic (exact) mass is 237 g/mol. The molecule has 0 fully saturated rings. The van der Waals surface area contributed by atoms with Crippen molar-refractivity contribution in [3.63, 3.8) is 0 Å². The van der Waals surface area contributed by atoms with Gasteiger partial charge in [0.2, 0.25) is 0 Å². The van der Waals surface area contributed by atoms with Crippen molar-refractivity contribution in [2.24, 2.45) is 0 Å². The van der Waals surface area contributed by atoms with Crippen molar-refractivity contribution in [3.8, 4) is 0 Å². The van der Waals surface area contributed by atoms with Crippen LogP contribution in [0.5, 0.6) is 0 Å². The third kappa shape index (κ3) is 2.57. The fraction of sp³-hybridized carbons (Fsp3) is 0.385. The van der Waals surface area contributed by atoms with Crippen LogP contribution in [0.15, 0.2) is 30.5 Å². The molecule has 0 amide bonds. The van der Waals surface area contributed by atoms with Gasteiger partial charge in [0, 0.05) is 36.5 Å². The smallest absolute Gasteiger partial charge is 0.0495 e. The van der Waals surface area contributed by atoms with E-state index in [4.69, 9.17) is 16.3 Å². The lowest BCUT2D eigenvalue weighted by molar-refractivity contribution is 0.142. The number of aryl methyl sites for hydroxylation is 1. The summed E-state index contributed by atoms with van der Waals surface area (Å²) in [5.41, 5.74) is 1.20. The number of rotatable bonds is 5. The average Bonchev–Trinajstić information content (AvgIpc) is 2.67. The molecule has 86 valence electrons. The molecule has 1 heterocycles. The summed E-state index contributed by atoms with van der Waals surface area (Å²) in [4.78, 5) is 0. The first-order chi connectivity index (χ1) is 7.81. The van der Waals surface area contributed by atoms with Crippen LogP contribution in [-0.2, 0) is 11.3 Å². The minimum atomic E-state index is 0.789. The van der Waals surface area contributed by atoms with Gasteiger partial charge >= 0.3 is 0 Å². The second kappa shape index (κ2) is 5.37. The number of fused-ring (bicyclic) bond motifs is 1. The maximum absolute atomic E-state index is 5.99. The minimum absolute atomic E-state index is 0.789. The molecule has 0 aliphatic carbocycles. The van der Waals surface area contributed by atoms with Crippen LogP contribution < -0.4 is 0 Å². The topological polar surface area (TPSA) is 14.2 Å². The second-order valence-electron chi connectivity index (χ2n) is 3.76. The van der Waals surface area contributed by atoms with Crippen molar-refractivity contribution in [1.82, 2.24) is 4.57 Å². The van der Waals surface area contributed by atoms with Crippen LogP contribution in [0.4, 0.5) is 0 Å². The Labute approximate surface area is 101 Å². The molecule has 2 nitrogen and oxygen atoms in total. The summed E-state index contributed by atoms with van der Waals surface area (Å²) in [6.07, 6.45) is 3.14. The molecule has 0 N–H and O–H groups in total. The first kappa shape index (κ1) is 11.5. The quantitative estimate of drug-likeness (QED) is 0.723. The SMILES string of the molecule is CCOCCCn1ccc2ccc(Cl)cc21. The van der Waals surface area contributed by atoms with E-state index in [-0.39, 0.29) is 0 Å². The van der Waals surface area contributed by atoms with Crippen molar-refractivity contribution in [3.05, 3.63) is 35.5 Å². The van der Waals surface area contributed by atoms with Crippen molar-refractivity contribution in [1.29, 1.82) is 0 Å². The van der Waals surface area contributed by atoms with E-state index in [9.17, 15) is 0 Å². The lowest BCUT2D eigenvalue weighted by atomic mass is 10.2. The Bertz CT molecular complexity index is 464. The van der Waals surface area contributed by atoms with Gasteiger partial charge in [-0.3, -0.25) is 0 Å². The molecular formula is C13H16ClNO. The highest BCUT2D eigenvalue weighted by atomic mass is 35.5. The third-order valence-corrected chi connectivity index (χ3v) is 2.86. The highest BCUT2D eigenvalue weighted by Crippen LogP contribution is 2.20. The standard InChI is InChI=1S/C13H16ClNO/c1-2-16-9-3-7-15-8-6-11-4-5-12(14)10-13(11)15/h4-6,8,10H,2-3,7,9H2,1H3. The van der Waals surface area contributed by atoms with Crippen molar-refractivity contribution < 1.29 is 4.74 Å². The molecule has 2 aromatic rings. The lowest BCUT2D eigenvalue weighted by Gasteiger charge is -2.05. The molecule has 1 aromatic heterocycles. The summed E-state index contributed by atoms with van der Waals surface area (Å²) in [6, 6.07) is 8.11. The first-order valence-electron chi connectivity index (χ1n) is 5.63. The summed E-state index contributed by atoms with van der Waals surface area (Å²) in [6.45, 7) is 4.60. The van der Waals surface area contributed by atoms with E-state index in [1.807, 2.05) is 19.1 Å². The fourth-order valence-corrected chi connectivity index (χ4v) is 2.00. The van der Waals surface area contributed by atoms with E-state index in [1.165, 1.54) is 10.9 Å². The van der Waals surface area contributed by atoms with Crippen LogP contribution in [0.25, 0.3) is 10.9 Å². The average molecular weight is 238 g/mol. The van der Waals surface area contributed by atoms with Crippen LogP contribution in [0.3, 0.4) is 0 Å². The molecule has 0 bridgehead atoms. The van der Waals surface area contributed by atoms with Crippen LogP contribution in [0.2, 0.25) is 5.02 Å². The number of ether oxygens (including phenoxy) is 1. The maximum atomic E-state index is 5.99. The Hall–Kier alpha value is -0.990. The Morgan fingerprint density at radius 2 is 2.19 bits per heavy atom. The Kier molecular flexibility index (Phi) is 3.86. The molecular weight excluding hydrogens is 222 g/mol. The number of hydrogen-bond acceptors (Lipinski definition) is 1. The van der Waals surface area contributed by atoms with Crippen LogP contribution in [-0.4, -0.2) is 17.8 Å². The number of hydrogen-bond donors (Lipinski definition) is 0. The molecule has 0 saturated heterocycles. The molecule has 0 aliphatic heterocycles. The van der Waals surface area contributed by atoms with Gasteiger partial charge in [0.25, 0.3) is 0 Å². The van der Waals surface area contributed by atoms with Gasteiger partial charge in [-0.25, -0.2) is 0 Å². The van der Waals surface area contributed by atoms with Gasteiger partial charge in [-0.05, 0) is 36.9 Å². The van der Waals surface area contributed by atoms with Gasteiger partial charge < -0.3 is 9.30 Å². The van der Waals surface area contributed by atoms with E-state index < -0.39 is 0 Å². The van der Waals surface area contributed by atoms with Gasteiger partial charge in [0.05, 0.1) is 0 Å². The first-order valence-corrected chi connectivity index (χ1v) is 6.01. The van der Waals surface area contributed by atoms with Gasteiger partial charge in [-0.15, -0.1) is 0 Å². The molecule has 0 atom stereocenters. The highest BCUT2D eigenvalue weighted by molar-refractivity contribution is 6.31. The number of aromatic nitrogens is 1. The summed E-state index contributed by atoms with van der Waals surface area (Å²) >= 11 is 5.99. The predicted molar refractivity (Wildman–Crippen MR) is 68.1 cm³/mol. The highest BCUT2D eigenvalue weighted by Gasteiger charge is 2.01. The lowest BCUT2D eigenvalue weighted by Crippen LogP contribution is -2.01. The van der Waals surface area contributed by atoms with Crippen molar-refractivity contribution in [2.75, 3.05) is 13.2 Å². The minimum Gasteiger partial charge on any atom is -0.382 e. The maximum Gasteiger partial charge on any atom is 0.0495 e. The van der Waals surface area contributed by atoms with Crippen molar-refractivity contribution >= 4 is 22.5 Å². The Morgan fingerprint density at radius 3 is 3.00 bits per heavy atom. The van der Waals surface area contributed by atoms with Gasteiger partial charge in [-0.2, -0.15) is 0 Å². The Balaban J connectivity index is 2.09. The predicted octanol–water partition coefficient (Wildman–Crippen LogP) is 3.72. The number of halogens is 1. The molecule has 0 radical (unpaired) electrons. The molecule has 3 heteroatoms. The normalized spacial score (nSPS) is 11.1. The van der Waals surface area contributed by atoms with Gasteiger partial charge in [-0.1, -0.05) is 17.7 Å². The molecule has 2 rings (SSSR count). The van der Waals surface area contributed by atoms with Crippen molar-refractivity contribution in [2.45, 2.75) is 19.9 Å². The zero-order chi connectivity index (χ0) is 11.4. The van der Waals surface area contributed by atoms with E-state index in [0.717, 1.165) is 31.2 Å². The fourth-order valence-electron chi connectivity index (χ4n) is 1.83. The molecule has 16 heavy (non-hydrogen) atoms. The van der Waals surface area contributed by atoms with Crippen LogP contribution in [0, 0.1) is 0 Å². The van der Waals surface area contributed by atoms with E-state index in [0.29, 0.717) is 0 Å². The van der Waals surface area contributed by atoms with E-state index in [1.54, 1.807) is 0 Å². The third-order valence-electron chi connectivity index (χ3n) is 2.63. The summed E-state index contributed by atoms with van der Waals surface area (Å²) in [5.74, 6) is 0. The zero-order valence-electron chi connectivity index (χ0n) is 9.45. The Morgan fingerprint density at radius 1 is 1.31 bits per heavy atom. The molecule has 0 saturated carbocycles. The molecule has 1 aromatic carbocycles. The van der Waals surface area contributed by atoms with Gasteiger partial charge in [0.15, 0.2) is 0 Å². The van der Waals surface area contributed by atoms with E-state index >= 15 is 0 Å². The summed E-state index contributed by atoms with van der Waals surface area (Å²) in [7, 11) is 0. The largest absolute Gasteiger partial charge is 0.382 e. The summed E-state index contributed by atoms with van der Waals surface area (Å²) in [5, 5.41) is 2.03.